The summed E-state index contributed by atoms with van der Waals surface area (Å²) in [7, 11) is 0. The molecule has 0 bridgehead atoms. The minimum absolute atomic E-state index is 0.148. The minimum Gasteiger partial charge on any atom is -0.287 e. The lowest BCUT2D eigenvalue weighted by Gasteiger charge is -2.18. The Labute approximate surface area is 117 Å². The third-order valence-corrected chi connectivity index (χ3v) is 2.70. The second-order valence-corrected chi connectivity index (χ2v) is 4.65. The zero-order valence-corrected chi connectivity index (χ0v) is 11.6. The molecule has 1 N–H and O–H groups in total. The van der Waals surface area contributed by atoms with Gasteiger partial charge in [0.2, 0.25) is 5.96 Å². The summed E-state index contributed by atoms with van der Waals surface area (Å²) in [5.41, 5.74) is 0.765. The average Bonchev–Trinajstić information content (AvgIpc) is 2.65. The number of hydrogen-bond acceptors (Lipinski definition) is 3. The topological polar surface area (TPSA) is 74.1 Å². The van der Waals surface area contributed by atoms with Gasteiger partial charge in [-0.15, -0.1) is 0 Å². The van der Waals surface area contributed by atoms with Crippen LogP contribution in [0.25, 0.3) is 0 Å². The molecule has 1 aromatic carbocycles. The molecule has 104 valence electrons. The van der Waals surface area contributed by atoms with E-state index in [4.69, 9.17) is 0 Å². The molecule has 6 nitrogen and oxygen atoms in total. The van der Waals surface area contributed by atoms with Gasteiger partial charge >= 0.3 is 11.8 Å². The van der Waals surface area contributed by atoms with E-state index in [1.165, 1.54) is 4.90 Å². The molecule has 2 amide bonds. The van der Waals surface area contributed by atoms with E-state index >= 15 is 0 Å². The smallest absolute Gasteiger partial charge is 0.287 e. The van der Waals surface area contributed by atoms with Gasteiger partial charge in [-0.2, -0.15) is 4.99 Å². The van der Waals surface area contributed by atoms with Crippen LogP contribution >= 0.6 is 0 Å². The number of aliphatic imine (C=N–C) groups is 2. The van der Waals surface area contributed by atoms with Crippen molar-refractivity contribution in [1.82, 2.24) is 10.2 Å². The summed E-state index contributed by atoms with van der Waals surface area (Å²) < 4.78 is 0. The van der Waals surface area contributed by atoms with E-state index in [-0.39, 0.29) is 12.0 Å². The predicted octanol–water partition coefficient (Wildman–Crippen LogP) is 1.46. The zero-order valence-electron chi connectivity index (χ0n) is 11.6. The fourth-order valence-electron chi connectivity index (χ4n) is 1.85. The van der Waals surface area contributed by atoms with Gasteiger partial charge in [-0.1, -0.05) is 18.2 Å². The van der Waals surface area contributed by atoms with Crippen LogP contribution in [0.5, 0.6) is 0 Å². The molecule has 0 atom stereocenters. The largest absolute Gasteiger partial charge is 0.319 e. The first-order chi connectivity index (χ1) is 9.49. The van der Waals surface area contributed by atoms with Crippen LogP contribution < -0.4 is 5.32 Å². The Bertz CT molecular complexity index is 590. The van der Waals surface area contributed by atoms with Crippen LogP contribution in [0.15, 0.2) is 40.3 Å². The third kappa shape index (κ3) is 2.90. The maximum atomic E-state index is 11.7. The molecule has 1 heterocycles. The Hall–Kier alpha value is -2.50. The van der Waals surface area contributed by atoms with Crippen LogP contribution in [0.3, 0.4) is 0 Å². The molecule has 0 aliphatic carbocycles. The molecule has 1 aliphatic heterocycles. The van der Waals surface area contributed by atoms with Crippen molar-refractivity contribution in [3.8, 4) is 0 Å². The number of hydrogen-bond donors (Lipinski definition) is 1. The summed E-state index contributed by atoms with van der Waals surface area (Å²) in [6.45, 7) is 5.35. The van der Waals surface area contributed by atoms with Crippen LogP contribution in [-0.2, 0) is 9.59 Å². The van der Waals surface area contributed by atoms with Crippen molar-refractivity contribution in [1.29, 1.82) is 0 Å². The molecule has 0 unspecified atom stereocenters. The molecule has 1 aliphatic rings. The maximum Gasteiger partial charge on any atom is 0.319 e. The van der Waals surface area contributed by atoms with E-state index in [9.17, 15) is 9.59 Å². The Kier molecular flexibility index (Phi) is 3.93. The van der Waals surface area contributed by atoms with Crippen LogP contribution in [-0.4, -0.2) is 34.6 Å². The molecule has 0 radical (unpaired) electrons. The van der Waals surface area contributed by atoms with Crippen LogP contribution in [0.1, 0.15) is 20.8 Å². The highest BCUT2D eigenvalue weighted by Gasteiger charge is 2.36. The lowest BCUT2D eigenvalue weighted by Crippen LogP contribution is -2.38. The van der Waals surface area contributed by atoms with Gasteiger partial charge in [-0.25, -0.2) is 4.99 Å². The first kappa shape index (κ1) is 13.9. The number of carbonyl (C=O) groups excluding carboxylic acids is 2. The van der Waals surface area contributed by atoms with E-state index in [0.717, 1.165) is 5.69 Å². The summed E-state index contributed by atoms with van der Waals surface area (Å²) in [4.78, 5) is 33.0. The molecule has 1 saturated heterocycles. The number of rotatable bonds is 2. The van der Waals surface area contributed by atoms with Crippen molar-refractivity contribution in [2.24, 2.45) is 9.98 Å². The molecule has 6 heteroatoms. The van der Waals surface area contributed by atoms with Crippen molar-refractivity contribution < 1.29 is 9.59 Å². The van der Waals surface area contributed by atoms with Crippen LogP contribution in [0, 0.1) is 0 Å². The normalized spacial score (nSPS) is 18.1. The monoisotopic (exact) mass is 272 g/mol. The third-order valence-electron chi connectivity index (χ3n) is 2.70. The molecule has 0 saturated carbocycles. The fourth-order valence-corrected chi connectivity index (χ4v) is 1.85. The summed E-state index contributed by atoms with van der Waals surface area (Å²) in [5, 5.41) is 2.46. The second-order valence-electron chi connectivity index (χ2n) is 4.65. The number of benzene rings is 1. The maximum absolute atomic E-state index is 11.7. The van der Waals surface area contributed by atoms with Gasteiger partial charge in [-0.05, 0) is 32.9 Å². The second kappa shape index (κ2) is 5.64. The highest BCUT2D eigenvalue weighted by Crippen LogP contribution is 2.11. The summed E-state index contributed by atoms with van der Waals surface area (Å²) >= 11 is 0. The minimum atomic E-state index is -0.662. The number of amides is 2. The summed E-state index contributed by atoms with van der Waals surface area (Å²) in [6.07, 6.45) is 0. The number of carbonyl (C=O) groups is 2. The number of para-hydroxylation sites is 1. The predicted molar refractivity (Wildman–Crippen MR) is 76.8 cm³/mol. The van der Waals surface area contributed by atoms with Gasteiger partial charge in [0.1, 0.15) is 5.84 Å². The molecule has 0 spiro atoms. The SMILES string of the molecule is CC(=Nc1ccccc1)N=C1NC(=O)C(=O)N1C(C)C. The first-order valence-electron chi connectivity index (χ1n) is 6.32. The Morgan fingerprint density at radius 1 is 1.20 bits per heavy atom. The van der Waals surface area contributed by atoms with Crippen molar-refractivity contribution >= 4 is 29.3 Å². The number of nitrogens with zero attached hydrogens (tertiary/aromatic N) is 3. The van der Waals surface area contributed by atoms with Gasteiger partial charge < -0.3 is 0 Å². The summed E-state index contributed by atoms with van der Waals surface area (Å²) in [6, 6.07) is 9.20. The van der Waals surface area contributed by atoms with Crippen molar-refractivity contribution in [3.05, 3.63) is 30.3 Å². The van der Waals surface area contributed by atoms with Crippen molar-refractivity contribution in [2.45, 2.75) is 26.8 Å². The van der Waals surface area contributed by atoms with E-state index < -0.39 is 11.8 Å². The Morgan fingerprint density at radius 3 is 2.45 bits per heavy atom. The Balaban J connectivity index is 2.28. The van der Waals surface area contributed by atoms with Gasteiger partial charge in [0.05, 0.1) is 5.69 Å². The molecular formula is C14H16N4O2. The van der Waals surface area contributed by atoms with E-state index in [2.05, 4.69) is 15.3 Å². The van der Waals surface area contributed by atoms with Crippen molar-refractivity contribution in [2.75, 3.05) is 0 Å². The fraction of sp³-hybridized carbons (Fsp3) is 0.286. The lowest BCUT2D eigenvalue weighted by molar-refractivity contribution is -0.140. The number of guanidine groups is 1. The van der Waals surface area contributed by atoms with E-state index in [0.29, 0.717) is 5.84 Å². The Morgan fingerprint density at radius 2 is 1.85 bits per heavy atom. The average molecular weight is 272 g/mol. The molecule has 2 rings (SSSR count). The summed E-state index contributed by atoms with van der Waals surface area (Å²) in [5.74, 6) is -0.560. The number of amidine groups is 1. The van der Waals surface area contributed by atoms with Gasteiger partial charge in [0.25, 0.3) is 0 Å². The highest BCUT2D eigenvalue weighted by molar-refractivity contribution is 6.45. The molecule has 1 aromatic rings. The van der Waals surface area contributed by atoms with Crippen molar-refractivity contribution in [3.63, 3.8) is 0 Å². The highest BCUT2D eigenvalue weighted by atomic mass is 16.2. The quantitative estimate of drug-likeness (QED) is 0.503. The number of nitrogens with one attached hydrogen (secondary N) is 1. The molecule has 0 aromatic heterocycles. The van der Waals surface area contributed by atoms with Gasteiger partial charge in [0, 0.05) is 6.04 Å². The molecule has 20 heavy (non-hydrogen) atoms. The van der Waals surface area contributed by atoms with Gasteiger partial charge in [0.15, 0.2) is 0 Å². The van der Waals surface area contributed by atoms with E-state index in [1.54, 1.807) is 6.92 Å². The van der Waals surface area contributed by atoms with E-state index in [1.807, 2.05) is 44.2 Å². The van der Waals surface area contributed by atoms with Crippen LogP contribution in [0.4, 0.5) is 5.69 Å². The standard InChI is InChI=1S/C14H16N4O2/c1-9(2)18-13(20)12(19)17-14(18)16-10(3)15-11-7-5-4-6-8-11/h4-9H,1-3H3,(H,15,16,17,19). The van der Waals surface area contributed by atoms with Crippen LogP contribution in [0.2, 0.25) is 0 Å². The molecular weight excluding hydrogens is 256 g/mol. The molecule has 1 fully saturated rings. The first-order valence-corrected chi connectivity index (χ1v) is 6.32. The zero-order chi connectivity index (χ0) is 14.7. The van der Waals surface area contributed by atoms with Gasteiger partial charge in [-0.3, -0.25) is 19.8 Å². The lowest BCUT2D eigenvalue weighted by atomic mass is 10.3.